The average Bonchev–Trinajstić information content (AvgIpc) is 2.91. The molecule has 6 nitrogen and oxygen atoms in total. The summed E-state index contributed by atoms with van der Waals surface area (Å²) in [7, 11) is 1.63. The van der Waals surface area contributed by atoms with Crippen molar-refractivity contribution in [2.45, 2.75) is 20.1 Å². The van der Waals surface area contributed by atoms with Gasteiger partial charge >= 0.3 is 0 Å². The van der Waals surface area contributed by atoms with Crippen LogP contribution in [0.5, 0.6) is 0 Å². The molecule has 0 aliphatic carbocycles. The van der Waals surface area contributed by atoms with Crippen LogP contribution in [0.15, 0.2) is 24.3 Å². The van der Waals surface area contributed by atoms with E-state index in [9.17, 15) is 4.79 Å². The number of carbonyl (C=O) groups is 1. The maximum absolute atomic E-state index is 11.9. The number of hydrogen-bond acceptors (Lipinski definition) is 4. The Morgan fingerprint density at radius 1 is 1.41 bits per heavy atom. The lowest BCUT2D eigenvalue weighted by atomic mass is 10.2. The molecule has 1 aromatic heterocycles. The largest absolute Gasteiger partial charge is 0.378 e. The fourth-order valence-corrected chi connectivity index (χ4v) is 2.08. The zero-order valence-electron chi connectivity index (χ0n) is 12.6. The van der Waals surface area contributed by atoms with Crippen molar-refractivity contribution in [3.8, 4) is 0 Å². The fourth-order valence-electron chi connectivity index (χ4n) is 1.96. The summed E-state index contributed by atoms with van der Waals surface area (Å²) in [5.41, 5.74) is 3.40. The zero-order valence-corrected chi connectivity index (χ0v) is 13.3. The van der Waals surface area contributed by atoms with E-state index in [1.54, 1.807) is 19.2 Å². The highest BCUT2D eigenvalue weighted by molar-refractivity contribution is 6.31. The Bertz CT molecular complexity index is 642. The molecule has 22 heavy (non-hydrogen) atoms. The number of ether oxygens (including phenoxy) is 1. The number of aromatic nitrogens is 2. The SMILES string of the molecule is COCc1cc(CNCC(=O)Nc2ccc(Cl)c(C)c2)n[nH]1. The van der Waals surface area contributed by atoms with Gasteiger partial charge in [-0.05, 0) is 36.8 Å². The van der Waals surface area contributed by atoms with Crippen molar-refractivity contribution in [2.24, 2.45) is 0 Å². The molecule has 0 saturated heterocycles. The standard InChI is InChI=1S/C15H19ClN4O2/c1-10-5-11(3-4-14(10)16)18-15(21)8-17-7-12-6-13(9-22-2)20-19-12/h3-6,17H,7-9H2,1-2H3,(H,18,21)(H,19,20). The maximum Gasteiger partial charge on any atom is 0.238 e. The average molecular weight is 323 g/mol. The van der Waals surface area contributed by atoms with Gasteiger partial charge < -0.3 is 15.4 Å². The number of hydrogen-bond donors (Lipinski definition) is 3. The Hall–Kier alpha value is -1.89. The molecule has 0 bridgehead atoms. The Morgan fingerprint density at radius 3 is 2.95 bits per heavy atom. The molecule has 0 aliphatic heterocycles. The number of amides is 1. The van der Waals surface area contributed by atoms with Crippen molar-refractivity contribution in [1.82, 2.24) is 15.5 Å². The highest BCUT2D eigenvalue weighted by atomic mass is 35.5. The maximum atomic E-state index is 11.9. The molecule has 0 aliphatic rings. The summed E-state index contributed by atoms with van der Waals surface area (Å²) in [5.74, 6) is -0.116. The number of aromatic amines is 1. The van der Waals surface area contributed by atoms with Crippen molar-refractivity contribution in [3.05, 3.63) is 46.2 Å². The highest BCUT2D eigenvalue weighted by Crippen LogP contribution is 2.19. The number of methoxy groups -OCH3 is 1. The highest BCUT2D eigenvalue weighted by Gasteiger charge is 2.05. The van der Waals surface area contributed by atoms with Crippen LogP contribution in [0, 0.1) is 6.92 Å². The van der Waals surface area contributed by atoms with Gasteiger partial charge in [-0.1, -0.05) is 11.6 Å². The topological polar surface area (TPSA) is 79.0 Å². The summed E-state index contributed by atoms with van der Waals surface area (Å²) in [5, 5.41) is 13.5. The number of rotatable bonds is 7. The first-order valence-electron chi connectivity index (χ1n) is 6.87. The fraction of sp³-hybridized carbons (Fsp3) is 0.333. The number of benzene rings is 1. The lowest BCUT2D eigenvalue weighted by Crippen LogP contribution is -2.27. The Morgan fingerprint density at radius 2 is 2.23 bits per heavy atom. The van der Waals surface area contributed by atoms with Gasteiger partial charge in [0.25, 0.3) is 0 Å². The lowest BCUT2D eigenvalue weighted by Gasteiger charge is -2.07. The number of aryl methyl sites for hydroxylation is 1. The molecule has 0 saturated carbocycles. The Kier molecular flexibility index (Phi) is 5.94. The summed E-state index contributed by atoms with van der Waals surface area (Å²) in [6.45, 7) is 3.09. The summed E-state index contributed by atoms with van der Waals surface area (Å²) < 4.78 is 5.00. The molecule has 1 amide bonds. The summed E-state index contributed by atoms with van der Waals surface area (Å²) in [6.07, 6.45) is 0. The van der Waals surface area contributed by atoms with Crippen LogP contribution in [0.4, 0.5) is 5.69 Å². The Labute approximate surface area is 134 Å². The molecular formula is C15H19ClN4O2. The summed E-state index contributed by atoms with van der Waals surface area (Å²) in [4.78, 5) is 11.9. The monoisotopic (exact) mass is 322 g/mol. The molecular weight excluding hydrogens is 304 g/mol. The predicted molar refractivity (Wildman–Crippen MR) is 85.8 cm³/mol. The Balaban J connectivity index is 1.76. The number of halogens is 1. The quantitative estimate of drug-likeness (QED) is 0.730. The molecule has 0 spiro atoms. The third-order valence-corrected chi connectivity index (χ3v) is 3.44. The van der Waals surface area contributed by atoms with Gasteiger partial charge in [-0.2, -0.15) is 5.10 Å². The van der Waals surface area contributed by atoms with E-state index in [-0.39, 0.29) is 12.5 Å². The van der Waals surface area contributed by atoms with E-state index in [1.807, 2.05) is 19.1 Å². The number of anilines is 1. The molecule has 1 heterocycles. The number of carbonyl (C=O) groups excluding carboxylic acids is 1. The molecule has 0 radical (unpaired) electrons. The van der Waals surface area contributed by atoms with Gasteiger partial charge in [0.1, 0.15) is 0 Å². The normalized spacial score (nSPS) is 10.7. The van der Waals surface area contributed by atoms with Crippen LogP contribution in [0.3, 0.4) is 0 Å². The first-order chi connectivity index (χ1) is 10.6. The first-order valence-corrected chi connectivity index (χ1v) is 7.25. The van der Waals surface area contributed by atoms with Crippen molar-refractivity contribution in [2.75, 3.05) is 19.0 Å². The second kappa shape index (κ2) is 7.93. The molecule has 0 unspecified atom stereocenters. The first kappa shape index (κ1) is 16.5. The molecule has 0 fully saturated rings. The van der Waals surface area contributed by atoms with Crippen LogP contribution in [0.2, 0.25) is 5.02 Å². The number of nitrogens with one attached hydrogen (secondary N) is 3. The van der Waals surface area contributed by atoms with Crippen LogP contribution < -0.4 is 10.6 Å². The van der Waals surface area contributed by atoms with Crippen LogP contribution in [0.1, 0.15) is 17.0 Å². The van der Waals surface area contributed by atoms with Gasteiger partial charge in [-0.25, -0.2) is 0 Å². The summed E-state index contributed by atoms with van der Waals surface area (Å²) in [6, 6.07) is 7.28. The molecule has 3 N–H and O–H groups in total. The van der Waals surface area contributed by atoms with Crippen LogP contribution in [-0.4, -0.2) is 29.8 Å². The molecule has 2 aromatic rings. The second-order valence-electron chi connectivity index (χ2n) is 4.93. The van der Waals surface area contributed by atoms with E-state index in [4.69, 9.17) is 16.3 Å². The third-order valence-electron chi connectivity index (χ3n) is 3.02. The summed E-state index contributed by atoms with van der Waals surface area (Å²) >= 11 is 5.95. The van der Waals surface area contributed by atoms with Crippen molar-refractivity contribution in [3.63, 3.8) is 0 Å². The second-order valence-corrected chi connectivity index (χ2v) is 5.34. The van der Waals surface area contributed by atoms with Crippen LogP contribution in [0.25, 0.3) is 0 Å². The number of nitrogens with zero attached hydrogens (tertiary/aromatic N) is 1. The zero-order chi connectivity index (χ0) is 15.9. The van der Waals surface area contributed by atoms with Crippen molar-refractivity contribution >= 4 is 23.2 Å². The van der Waals surface area contributed by atoms with Gasteiger partial charge in [0.15, 0.2) is 0 Å². The molecule has 7 heteroatoms. The molecule has 0 atom stereocenters. The minimum atomic E-state index is -0.116. The third kappa shape index (κ3) is 4.84. The van der Waals surface area contributed by atoms with Gasteiger partial charge in [-0.15, -0.1) is 0 Å². The van der Waals surface area contributed by atoms with E-state index in [0.29, 0.717) is 18.2 Å². The lowest BCUT2D eigenvalue weighted by molar-refractivity contribution is -0.115. The van der Waals surface area contributed by atoms with Crippen molar-refractivity contribution in [1.29, 1.82) is 0 Å². The molecule has 1 aromatic carbocycles. The van der Waals surface area contributed by atoms with E-state index in [1.165, 1.54) is 0 Å². The minimum Gasteiger partial charge on any atom is -0.378 e. The minimum absolute atomic E-state index is 0.116. The van der Waals surface area contributed by atoms with Crippen molar-refractivity contribution < 1.29 is 9.53 Å². The van der Waals surface area contributed by atoms with Gasteiger partial charge in [-0.3, -0.25) is 9.89 Å². The predicted octanol–water partition coefficient (Wildman–Crippen LogP) is 2.25. The van der Waals surface area contributed by atoms with Gasteiger partial charge in [0.2, 0.25) is 5.91 Å². The van der Waals surface area contributed by atoms with Gasteiger partial charge in [0, 0.05) is 24.4 Å². The van der Waals surface area contributed by atoms with E-state index >= 15 is 0 Å². The van der Waals surface area contributed by atoms with Crippen LogP contribution >= 0.6 is 11.6 Å². The van der Waals surface area contributed by atoms with E-state index < -0.39 is 0 Å². The number of H-pyrrole nitrogens is 1. The molecule has 118 valence electrons. The molecule has 2 rings (SSSR count). The van der Waals surface area contributed by atoms with E-state index in [2.05, 4.69) is 20.8 Å². The van der Waals surface area contributed by atoms with Crippen LogP contribution in [-0.2, 0) is 22.7 Å². The van der Waals surface area contributed by atoms with Gasteiger partial charge in [0.05, 0.1) is 24.5 Å². The van der Waals surface area contributed by atoms with E-state index in [0.717, 1.165) is 22.6 Å². The smallest absolute Gasteiger partial charge is 0.238 e.